The highest BCUT2D eigenvalue weighted by atomic mass is 16.3. The molecule has 0 bridgehead atoms. The molecule has 0 amide bonds. The highest BCUT2D eigenvalue weighted by molar-refractivity contribution is 5.11. The number of hydrogen-bond donors (Lipinski definition) is 2. The smallest absolute Gasteiger partial charge is 0.0622 e. The fourth-order valence-corrected chi connectivity index (χ4v) is 8.78. The Morgan fingerprint density at radius 1 is 0.960 bits per heavy atom. The van der Waals surface area contributed by atoms with E-state index in [4.69, 9.17) is 0 Å². The molecule has 2 nitrogen and oxygen atoms in total. The number of hydrogen-bond acceptors (Lipinski definition) is 2. The zero-order valence-electron chi connectivity index (χ0n) is 16.9. The Morgan fingerprint density at radius 2 is 1.72 bits per heavy atom. The summed E-state index contributed by atoms with van der Waals surface area (Å²) in [5, 5.41) is 21.0. The molecule has 2 unspecified atom stereocenters. The maximum absolute atomic E-state index is 10.7. The van der Waals surface area contributed by atoms with Crippen molar-refractivity contribution in [3.8, 4) is 0 Å². The quantitative estimate of drug-likeness (QED) is 0.723. The first-order valence-corrected chi connectivity index (χ1v) is 11.1. The van der Waals surface area contributed by atoms with Crippen LogP contribution < -0.4 is 0 Å². The largest absolute Gasteiger partial charge is 0.393 e. The van der Waals surface area contributed by atoms with Crippen LogP contribution >= 0.6 is 0 Å². The van der Waals surface area contributed by atoms with Crippen molar-refractivity contribution in [3.63, 3.8) is 0 Å². The molecular weight excluding hydrogens is 308 g/mol. The number of fused-ring (bicyclic) bond motifs is 5. The van der Waals surface area contributed by atoms with Crippen molar-refractivity contribution >= 4 is 0 Å². The van der Waals surface area contributed by atoms with E-state index >= 15 is 0 Å². The summed E-state index contributed by atoms with van der Waals surface area (Å²) in [6.45, 7) is 9.03. The van der Waals surface area contributed by atoms with Gasteiger partial charge < -0.3 is 10.2 Å². The summed E-state index contributed by atoms with van der Waals surface area (Å²) in [6, 6.07) is 0. The first-order chi connectivity index (χ1) is 11.7. The Bertz CT molecular complexity index is 512. The zero-order valence-corrected chi connectivity index (χ0v) is 16.9. The molecule has 9 atom stereocenters. The van der Waals surface area contributed by atoms with Crippen LogP contribution in [0.3, 0.4) is 0 Å². The third kappa shape index (κ3) is 2.57. The molecule has 4 fully saturated rings. The van der Waals surface area contributed by atoms with Crippen molar-refractivity contribution in [2.75, 3.05) is 0 Å². The minimum atomic E-state index is -0.426. The zero-order chi connectivity index (χ0) is 18.0. The topological polar surface area (TPSA) is 40.5 Å². The van der Waals surface area contributed by atoms with Gasteiger partial charge >= 0.3 is 0 Å². The van der Waals surface area contributed by atoms with Gasteiger partial charge in [-0.25, -0.2) is 0 Å². The van der Waals surface area contributed by atoms with E-state index in [2.05, 4.69) is 20.8 Å². The number of aliphatic hydroxyl groups excluding tert-OH is 1. The van der Waals surface area contributed by atoms with Crippen LogP contribution in [0, 0.1) is 40.4 Å². The van der Waals surface area contributed by atoms with Crippen LogP contribution in [0.2, 0.25) is 0 Å². The fraction of sp³-hybridized carbons (Fsp3) is 1.00. The van der Waals surface area contributed by atoms with E-state index in [1.165, 1.54) is 51.4 Å². The summed E-state index contributed by atoms with van der Waals surface area (Å²) in [6.07, 6.45) is 12.4. The van der Waals surface area contributed by atoms with Gasteiger partial charge in [-0.05, 0) is 118 Å². The van der Waals surface area contributed by atoms with Crippen molar-refractivity contribution in [1.82, 2.24) is 0 Å². The third-order valence-corrected chi connectivity index (χ3v) is 9.97. The summed E-state index contributed by atoms with van der Waals surface area (Å²) in [5.74, 6) is 3.83. The standard InChI is InChI=1S/C23H40O2/c1-5-23-13-12-21(3,25)14-16(23)6-7-17-19-9-8-18(15(2)24)22(19,4)11-10-20(17)23/h15-20,24-25H,5-14H2,1-4H3/t15?,16-,17+,18?,19+,20+,21-,22-,23+/m1/s1. The van der Waals surface area contributed by atoms with Gasteiger partial charge in [0.05, 0.1) is 11.7 Å². The van der Waals surface area contributed by atoms with Crippen molar-refractivity contribution in [2.24, 2.45) is 40.4 Å². The molecule has 4 aliphatic carbocycles. The van der Waals surface area contributed by atoms with E-state index in [-0.39, 0.29) is 6.10 Å². The Hall–Kier alpha value is -0.0800. The van der Waals surface area contributed by atoms with Gasteiger partial charge in [0.15, 0.2) is 0 Å². The van der Waals surface area contributed by atoms with E-state index in [0.717, 1.165) is 36.5 Å². The lowest BCUT2D eigenvalue weighted by atomic mass is 9.42. The van der Waals surface area contributed by atoms with E-state index in [0.29, 0.717) is 16.7 Å². The average Bonchev–Trinajstić information content (AvgIpc) is 2.91. The number of aliphatic hydroxyl groups is 2. The van der Waals surface area contributed by atoms with Gasteiger partial charge in [0.1, 0.15) is 0 Å². The summed E-state index contributed by atoms with van der Waals surface area (Å²) in [5.41, 5.74) is 0.441. The average molecular weight is 349 g/mol. The fourth-order valence-electron chi connectivity index (χ4n) is 8.78. The Morgan fingerprint density at radius 3 is 2.40 bits per heavy atom. The van der Waals surface area contributed by atoms with Gasteiger partial charge in [-0.3, -0.25) is 0 Å². The molecule has 4 rings (SSSR count). The second kappa shape index (κ2) is 5.96. The van der Waals surface area contributed by atoms with Gasteiger partial charge in [0.25, 0.3) is 0 Å². The molecule has 144 valence electrons. The highest BCUT2D eigenvalue weighted by Crippen LogP contribution is 2.69. The summed E-state index contributed by atoms with van der Waals surface area (Å²) in [4.78, 5) is 0. The maximum atomic E-state index is 10.7. The first-order valence-electron chi connectivity index (χ1n) is 11.1. The molecule has 25 heavy (non-hydrogen) atoms. The minimum Gasteiger partial charge on any atom is -0.393 e. The molecule has 4 aliphatic rings. The highest BCUT2D eigenvalue weighted by Gasteiger charge is 2.62. The molecule has 2 N–H and O–H groups in total. The monoisotopic (exact) mass is 348 g/mol. The van der Waals surface area contributed by atoms with Crippen LogP contribution in [0.1, 0.15) is 91.9 Å². The van der Waals surface area contributed by atoms with E-state index in [1.54, 1.807) is 0 Å². The van der Waals surface area contributed by atoms with Gasteiger partial charge in [-0.15, -0.1) is 0 Å². The lowest BCUT2D eigenvalue weighted by Gasteiger charge is -2.63. The third-order valence-electron chi connectivity index (χ3n) is 9.97. The van der Waals surface area contributed by atoms with E-state index in [9.17, 15) is 10.2 Å². The minimum absolute atomic E-state index is 0.146. The molecule has 0 heterocycles. The van der Waals surface area contributed by atoms with Crippen molar-refractivity contribution in [1.29, 1.82) is 0 Å². The van der Waals surface area contributed by atoms with Crippen LogP contribution in [-0.4, -0.2) is 21.9 Å². The van der Waals surface area contributed by atoms with E-state index < -0.39 is 5.60 Å². The van der Waals surface area contributed by atoms with Crippen molar-refractivity contribution < 1.29 is 10.2 Å². The molecule has 0 spiro atoms. The van der Waals surface area contributed by atoms with Crippen LogP contribution in [0.15, 0.2) is 0 Å². The van der Waals surface area contributed by atoms with Gasteiger partial charge in [-0.2, -0.15) is 0 Å². The van der Waals surface area contributed by atoms with E-state index in [1.807, 2.05) is 6.92 Å². The first kappa shape index (κ1) is 18.3. The molecule has 0 radical (unpaired) electrons. The number of rotatable bonds is 2. The molecular formula is C23H40O2. The predicted octanol–water partition coefficient (Wildman–Crippen LogP) is 5.17. The SMILES string of the molecule is CC[C@]12CC[C@@](C)(O)C[C@H]1CC[C@@H]1[C@@H]2CC[C@]2(C)C(C(C)O)CC[C@@H]12. The van der Waals surface area contributed by atoms with Gasteiger partial charge in [-0.1, -0.05) is 13.8 Å². The Kier molecular flexibility index (Phi) is 4.36. The van der Waals surface area contributed by atoms with Crippen LogP contribution in [-0.2, 0) is 0 Å². The molecule has 0 aliphatic heterocycles. The van der Waals surface area contributed by atoms with Crippen molar-refractivity contribution in [2.45, 2.75) is 104 Å². The summed E-state index contributed by atoms with van der Waals surface area (Å²) >= 11 is 0. The maximum Gasteiger partial charge on any atom is 0.0622 e. The Labute approximate surface area is 154 Å². The summed E-state index contributed by atoms with van der Waals surface area (Å²) in [7, 11) is 0. The Balaban J connectivity index is 1.63. The molecule has 2 heteroatoms. The predicted molar refractivity (Wildman–Crippen MR) is 102 cm³/mol. The summed E-state index contributed by atoms with van der Waals surface area (Å²) < 4.78 is 0. The molecule has 4 saturated carbocycles. The molecule has 0 aromatic carbocycles. The van der Waals surface area contributed by atoms with Gasteiger partial charge in [0.2, 0.25) is 0 Å². The van der Waals surface area contributed by atoms with Gasteiger partial charge in [0, 0.05) is 0 Å². The molecule has 0 saturated heterocycles. The molecule has 0 aromatic heterocycles. The normalized spacial score (nSPS) is 56.6. The lowest BCUT2D eigenvalue weighted by Crippen LogP contribution is -2.56. The lowest BCUT2D eigenvalue weighted by molar-refractivity contribution is -0.158. The van der Waals surface area contributed by atoms with Crippen molar-refractivity contribution in [3.05, 3.63) is 0 Å². The molecule has 0 aromatic rings. The second-order valence-electron chi connectivity index (χ2n) is 10.9. The van der Waals surface area contributed by atoms with Crippen LogP contribution in [0.5, 0.6) is 0 Å². The van der Waals surface area contributed by atoms with Crippen LogP contribution in [0.25, 0.3) is 0 Å². The second-order valence-corrected chi connectivity index (χ2v) is 10.9. The van der Waals surface area contributed by atoms with Crippen LogP contribution in [0.4, 0.5) is 0 Å².